The summed E-state index contributed by atoms with van der Waals surface area (Å²) in [5.74, 6) is -0.653. The van der Waals surface area contributed by atoms with E-state index in [9.17, 15) is 19.6 Å². The van der Waals surface area contributed by atoms with Crippen LogP contribution in [0.4, 0.5) is 15.8 Å². The van der Waals surface area contributed by atoms with Crippen LogP contribution in [0.15, 0.2) is 18.2 Å². The van der Waals surface area contributed by atoms with Crippen molar-refractivity contribution < 1.29 is 14.4 Å². The molecule has 1 aliphatic carbocycles. The number of anilines is 1. The summed E-state index contributed by atoms with van der Waals surface area (Å²) in [5, 5.41) is 23.7. The normalized spacial score (nSPS) is 23.7. The van der Waals surface area contributed by atoms with Crippen LogP contribution in [-0.2, 0) is 0 Å². The van der Waals surface area contributed by atoms with Crippen LogP contribution in [-0.4, -0.2) is 22.2 Å². The summed E-state index contributed by atoms with van der Waals surface area (Å²) < 4.78 is 13.3. The second-order valence-electron chi connectivity index (χ2n) is 4.91. The number of benzene rings is 1. The van der Waals surface area contributed by atoms with E-state index in [4.69, 9.17) is 0 Å². The molecule has 0 aromatic heterocycles. The molecule has 0 aliphatic heterocycles. The summed E-state index contributed by atoms with van der Waals surface area (Å²) in [4.78, 5) is 10.1. The van der Waals surface area contributed by atoms with Gasteiger partial charge in [0, 0.05) is 11.8 Å². The monoisotopic (exact) mass is 268 g/mol. The van der Waals surface area contributed by atoms with Gasteiger partial charge in [-0.05, 0) is 18.9 Å². The third kappa shape index (κ3) is 3.64. The van der Waals surface area contributed by atoms with E-state index in [2.05, 4.69) is 5.32 Å². The summed E-state index contributed by atoms with van der Waals surface area (Å²) >= 11 is 0. The van der Waals surface area contributed by atoms with Crippen LogP contribution in [0, 0.1) is 15.9 Å². The SMILES string of the molecule is O=[N+]([O-])c1cc(F)cc(NC2CCCCCC2O)c1. The molecule has 1 aliphatic rings. The van der Waals surface area contributed by atoms with E-state index >= 15 is 0 Å². The van der Waals surface area contributed by atoms with Gasteiger partial charge >= 0.3 is 0 Å². The Bertz CT molecular complexity index is 467. The number of non-ortho nitro benzene ring substituents is 1. The van der Waals surface area contributed by atoms with Crippen molar-refractivity contribution in [2.75, 3.05) is 5.32 Å². The third-order valence-corrected chi connectivity index (χ3v) is 3.42. The number of nitrogens with one attached hydrogen (secondary N) is 1. The number of nitro groups is 1. The first-order chi connectivity index (χ1) is 9.06. The lowest BCUT2D eigenvalue weighted by Crippen LogP contribution is -2.32. The highest BCUT2D eigenvalue weighted by atomic mass is 19.1. The molecule has 2 atom stereocenters. The first-order valence-electron chi connectivity index (χ1n) is 6.46. The molecule has 19 heavy (non-hydrogen) atoms. The number of rotatable bonds is 3. The van der Waals surface area contributed by atoms with Gasteiger partial charge in [0.25, 0.3) is 5.69 Å². The summed E-state index contributed by atoms with van der Waals surface area (Å²) in [6.07, 6.45) is 4.03. The maximum Gasteiger partial charge on any atom is 0.274 e. The third-order valence-electron chi connectivity index (χ3n) is 3.42. The number of nitro benzene ring substituents is 1. The van der Waals surface area contributed by atoms with Crippen molar-refractivity contribution in [3.8, 4) is 0 Å². The minimum Gasteiger partial charge on any atom is -0.391 e. The molecule has 0 saturated heterocycles. The Labute approximate surface area is 110 Å². The van der Waals surface area contributed by atoms with E-state index in [1.807, 2.05) is 0 Å². The van der Waals surface area contributed by atoms with Gasteiger partial charge in [-0.3, -0.25) is 10.1 Å². The van der Waals surface area contributed by atoms with Gasteiger partial charge in [-0.15, -0.1) is 0 Å². The molecule has 1 fully saturated rings. The van der Waals surface area contributed by atoms with Gasteiger partial charge in [-0.2, -0.15) is 0 Å². The quantitative estimate of drug-likeness (QED) is 0.502. The fourth-order valence-electron chi connectivity index (χ4n) is 2.43. The number of hydrogen-bond acceptors (Lipinski definition) is 4. The van der Waals surface area contributed by atoms with Gasteiger partial charge in [-0.25, -0.2) is 4.39 Å². The summed E-state index contributed by atoms with van der Waals surface area (Å²) in [6.45, 7) is 0. The topological polar surface area (TPSA) is 75.4 Å². The first kappa shape index (κ1) is 13.7. The molecule has 0 radical (unpaired) electrons. The fraction of sp³-hybridized carbons (Fsp3) is 0.538. The van der Waals surface area contributed by atoms with Gasteiger partial charge in [-0.1, -0.05) is 19.3 Å². The van der Waals surface area contributed by atoms with Crippen LogP contribution in [0.3, 0.4) is 0 Å². The Balaban J connectivity index is 2.15. The standard InChI is InChI=1S/C13H17FN2O3/c14-9-6-10(8-11(7-9)16(18)19)15-12-4-2-1-3-5-13(12)17/h6-8,12-13,15,17H,1-5H2. The highest BCUT2D eigenvalue weighted by Gasteiger charge is 2.22. The van der Waals surface area contributed by atoms with Crippen molar-refractivity contribution in [2.24, 2.45) is 0 Å². The fourth-order valence-corrected chi connectivity index (χ4v) is 2.43. The number of nitrogens with zero attached hydrogens (tertiary/aromatic N) is 1. The predicted octanol–water partition coefficient (Wildman–Crippen LogP) is 2.84. The van der Waals surface area contributed by atoms with Crippen molar-refractivity contribution in [3.63, 3.8) is 0 Å². The zero-order valence-electron chi connectivity index (χ0n) is 10.5. The molecule has 1 aromatic carbocycles. The lowest BCUT2D eigenvalue weighted by molar-refractivity contribution is -0.385. The molecule has 2 unspecified atom stereocenters. The van der Waals surface area contributed by atoms with Crippen LogP contribution < -0.4 is 5.32 Å². The molecule has 1 saturated carbocycles. The smallest absolute Gasteiger partial charge is 0.274 e. The van der Waals surface area contributed by atoms with E-state index in [1.54, 1.807) is 0 Å². The summed E-state index contributed by atoms with van der Waals surface area (Å²) in [7, 11) is 0. The molecule has 6 heteroatoms. The minimum absolute atomic E-state index is 0.177. The minimum atomic E-state index is -0.653. The highest BCUT2D eigenvalue weighted by Crippen LogP contribution is 2.25. The molecular weight excluding hydrogens is 251 g/mol. The predicted molar refractivity (Wildman–Crippen MR) is 69.6 cm³/mol. The van der Waals surface area contributed by atoms with Gasteiger partial charge in [0.05, 0.1) is 23.1 Å². The lowest BCUT2D eigenvalue weighted by atomic mass is 10.1. The van der Waals surface area contributed by atoms with Crippen molar-refractivity contribution in [1.82, 2.24) is 0 Å². The average Bonchev–Trinajstić information content (AvgIpc) is 2.54. The molecule has 2 rings (SSSR count). The van der Waals surface area contributed by atoms with Crippen molar-refractivity contribution in [3.05, 3.63) is 34.1 Å². The first-order valence-corrected chi connectivity index (χ1v) is 6.46. The van der Waals surface area contributed by atoms with Gasteiger partial charge in [0.2, 0.25) is 0 Å². The summed E-state index contributed by atoms with van der Waals surface area (Å²) in [5.41, 5.74) is 0.0586. The molecule has 0 amide bonds. The van der Waals surface area contributed by atoms with Crippen LogP contribution in [0.2, 0.25) is 0 Å². The van der Waals surface area contributed by atoms with Gasteiger partial charge in [0.15, 0.2) is 0 Å². The zero-order chi connectivity index (χ0) is 13.8. The number of aliphatic hydroxyl groups is 1. The number of hydrogen-bond donors (Lipinski definition) is 2. The van der Waals surface area contributed by atoms with E-state index in [0.29, 0.717) is 12.1 Å². The van der Waals surface area contributed by atoms with E-state index < -0.39 is 16.8 Å². The molecule has 2 N–H and O–H groups in total. The van der Waals surface area contributed by atoms with Crippen molar-refractivity contribution in [1.29, 1.82) is 0 Å². The summed E-state index contributed by atoms with van der Waals surface area (Å²) in [6, 6.07) is 3.21. The Morgan fingerprint density at radius 3 is 2.74 bits per heavy atom. The van der Waals surface area contributed by atoms with Crippen LogP contribution in [0.25, 0.3) is 0 Å². The average molecular weight is 268 g/mol. The Morgan fingerprint density at radius 1 is 1.26 bits per heavy atom. The molecule has 104 valence electrons. The van der Waals surface area contributed by atoms with Gasteiger partial charge in [0.1, 0.15) is 5.82 Å². The molecule has 1 aromatic rings. The number of halogens is 1. The van der Waals surface area contributed by atoms with Crippen LogP contribution in [0.5, 0.6) is 0 Å². The molecule has 0 bridgehead atoms. The maximum atomic E-state index is 13.3. The Morgan fingerprint density at radius 2 is 2.00 bits per heavy atom. The molecular formula is C13H17FN2O3. The van der Waals surface area contributed by atoms with E-state index in [-0.39, 0.29) is 11.7 Å². The zero-order valence-corrected chi connectivity index (χ0v) is 10.5. The van der Waals surface area contributed by atoms with E-state index in [1.165, 1.54) is 12.1 Å². The van der Waals surface area contributed by atoms with Crippen molar-refractivity contribution in [2.45, 2.75) is 44.2 Å². The lowest BCUT2D eigenvalue weighted by Gasteiger charge is -2.22. The van der Waals surface area contributed by atoms with Crippen LogP contribution in [0.1, 0.15) is 32.1 Å². The Kier molecular flexibility index (Phi) is 4.31. The van der Waals surface area contributed by atoms with Crippen LogP contribution >= 0.6 is 0 Å². The molecule has 0 heterocycles. The maximum absolute atomic E-state index is 13.3. The highest BCUT2D eigenvalue weighted by molar-refractivity contribution is 5.52. The second kappa shape index (κ2) is 5.97. The van der Waals surface area contributed by atoms with E-state index in [0.717, 1.165) is 31.7 Å². The second-order valence-corrected chi connectivity index (χ2v) is 4.91. The largest absolute Gasteiger partial charge is 0.391 e. The molecule has 5 nitrogen and oxygen atoms in total. The van der Waals surface area contributed by atoms with Crippen molar-refractivity contribution >= 4 is 11.4 Å². The number of aliphatic hydroxyl groups excluding tert-OH is 1. The molecule has 0 spiro atoms. The Hall–Kier alpha value is -1.69. The van der Waals surface area contributed by atoms with Gasteiger partial charge < -0.3 is 10.4 Å².